The van der Waals surface area contributed by atoms with Gasteiger partial charge in [0, 0.05) is 11.4 Å². The van der Waals surface area contributed by atoms with E-state index in [1.54, 1.807) is 12.1 Å². The maximum Gasteiger partial charge on any atom is 0.424 e. The van der Waals surface area contributed by atoms with Gasteiger partial charge in [-0.1, -0.05) is 60.1 Å². The highest BCUT2D eigenvalue weighted by molar-refractivity contribution is 7.92. The molecule has 2 N–H and O–H groups in total. The summed E-state index contributed by atoms with van der Waals surface area (Å²) < 4.78 is 33.6. The highest BCUT2D eigenvalue weighted by atomic mass is 35.5. The number of carbonyl (C=O) groups excluding carboxylic acids is 1. The quantitative estimate of drug-likeness (QED) is 0.345. The topological polar surface area (TPSA) is 92.9 Å². The van der Waals surface area contributed by atoms with Gasteiger partial charge in [0.25, 0.3) is 10.0 Å². The molecule has 7 nitrogen and oxygen atoms in total. The monoisotopic (exact) mass is 471 g/mol. The summed E-state index contributed by atoms with van der Waals surface area (Å²) in [5.74, 6) is 5.90. The van der Waals surface area contributed by atoms with Gasteiger partial charge in [-0.2, -0.15) is 0 Å². The minimum atomic E-state index is -3.89. The normalized spacial score (nSPS) is 15.7. The molecule has 1 aliphatic heterocycles. The van der Waals surface area contributed by atoms with Crippen molar-refractivity contribution in [1.29, 1.82) is 0 Å². The van der Waals surface area contributed by atoms with E-state index < -0.39 is 22.2 Å². The molecule has 0 saturated carbocycles. The lowest BCUT2D eigenvalue weighted by Gasteiger charge is -2.35. The summed E-state index contributed by atoms with van der Waals surface area (Å²) in [4.78, 5) is 12.7. The second-order valence-corrected chi connectivity index (χ2v) is 9.74. The molecule has 1 heterocycles. The molecule has 0 saturated heterocycles. The van der Waals surface area contributed by atoms with Crippen LogP contribution in [0.1, 0.15) is 11.1 Å². The highest BCUT2D eigenvalue weighted by Gasteiger charge is 2.35. The molecule has 1 atom stereocenters. The van der Waals surface area contributed by atoms with Crippen LogP contribution < -0.4 is 10.1 Å². The molecular weight excluding hydrogens is 450 g/mol. The molecule has 4 rings (SSSR count). The highest BCUT2D eigenvalue weighted by Crippen LogP contribution is 2.33. The fourth-order valence-electron chi connectivity index (χ4n) is 3.62. The molecule has 1 amide bonds. The van der Waals surface area contributed by atoms with Crippen molar-refractivity contribution in [3.8, 4) is 0 Å². The number of fused-ring (bicyclic) bond motifs is 1. The van der Waals surface area contributed by atoms with Crippen molar-refractivity contribution in [3.63, 3.8) is 0 Å². The average Bonchev–Trinajstić information content (AvgIpc) is 2.79. The van der Waals surface area contributed by atoms with Gasteiger partial charge in [0.05, 0.1) is 23.7 Å². The summed E-state index contributed by atoms with van der Waals surface area (Å²) in [6, 6.07) is 22.4. The van der Waals surface area contributed by atoms with Gasteiger partial charge < -0.3 is 4.74 Å². The maximum atomic E-state index is 13.4. The Kier molecular flexibility index (Phi) is 6.36. The van der Waals surface area contributed by atoms with Crippen molar-refractivity contribution in [2.45, 2.75) is 24.0 Å². The van der Waals surface area contributed by atoms with Crippen molar-refractivity contribution >= 4 is 33.4 Å². The Labute approximate surface area is 192 Å². The molecule has 1 unspecified atom stereocenters. The molecule has 0 radical (unpaired) electrons. The van der Waals surface area contributed by atoms with Crippen LogP contribution in [0.15, 0.2) is 83.8 Å². The Morgan fingerprint density at radius 3 is 2.41 bits per heavy atom. The predicted octanol–water partition coefficient (Wildman–Crippen LogP) is 3.97. The van der Waals surface area contributed by atoms with Gasteiger partial charge in [-0.25, -0.2) is 24.1 Å². The predicted molar refractivity (Wildman–Crippen MR) is 123 cm³/mol. The van der Waals surface area contributed by atoms with Crippen LogP contribution in [0, 0.1) is 0 Å². The standard InChI is InChI=1S/C23H22ClN3O4S/c24-19-10-12-21(13-11-19)32(29,30)27-16-20(14-18-8-4-5-9-22(18)27)31-23(28)26(25)15-17-6-2-1-3-7-17/h1-13,20H,14-16,25H2. The van der Waals surface area contributed by atoms with Crippen LogP contribution in [0.5, 0.6) is 0 Å². The number of anilines is 1. The van der Waals surface area contributed by atoms with Gasteiger partial charge in [0.15, 0.2) is 0 Å². The Balaban J connectivity index is 1.55. The lowest BCUT2D eigenvalue weighted by atomic mass is 10.0. The molecule has 3 aromatic rings. The zero-order valence-electron chi connectivity index (χ0n) is 17.1. The van der Waals surface area contributed by atoms with Crippen molar-refractivity contribution in [1.82, 2.24) is 5.01 Å². The summed E-state index contributed by atoms with van der Waals surface area (Å²) in [5.41, 5.74) is 2.18. The second kappa shape index (κ2) is 9.20. The van der Waals surface area contributed by atoms with E-state index in [1.807, 2.05) is 42.5 Å². The van der Waals surface area contributed by atoms with Crippen LogP contribution >= 0.6 is 11.6 Å². The molecule has 0 aromatic heterocycles. The van der Waals surface area contributed by atoms with E-state index in [0.29, 0.717) is 17.1 Å². The van der Waals surface area contributed by atoms with Gasteiger partial charge in [0.2, 0.25) is 0 Å². The number of rotatable bonds is 5. The van der Waals surface area contributed by atoms with Crippen LogP contribution in [0.3, 0.4) is 0 Å². The van der Waals surface area contributed by atoms with Crippen LogP contribution in [0.25, 0.3) is 0 Å². The number of ether oxygens (including phenoxy) is 1. The van der Waals surface area contributed by atoms with Gasteiger partial charge in [0.1, 0.15) is 6.10 Å². The van der Waals surface area contributed by atoms with Gasteiger partial charge in [-0.05, 0) is 41.5 Å². The Morgan fingerprint density at radius 2 is 1.69 bits per heavy atom. The number of benzene rings is 3. The molecule has 0 bridgehead atoms. The summed E-state index contributed by atoms with van der Waals surface area (Å²) in [5, 5.41) is 1.42. The Hall–Kier alpha value is -3.07. The number of carbonyl (C=O) groups is 1. The van der Waals surface area contributed by atoms with Crippen LogP contribution in [0.2, 0.25) is 5.02 Å². The average molecular weight is 472 g/mol. The summed E-state index contributed by atoms with van der Waals surface area (Å²) in [6.45, 7) is 0.155. The lowest BCUT2D eigenvalue weighted by Crippen LogP contribution is -2.47. The van der Waals surface area contributed by atoms with E-state index in [2.05, 4.69) is 0 Å². The number of sulfonamides is 1. The molecule has 166 valence electrons. The number of amides is 1. The first-order chi connectivity index (χ1) is 15.3. The fraction of sp³-hybridized carbons (Fsp3) is 0.174. The zero-order chi connectivity index (χ0) is 22.7. The molecule has 0 fully saturated rings. The first kappa shape index (κ1) is 22.1. The van der Waals surface area contributed by atoms with Gasteiger partial charge in [-0.3, -0.25) is 4.31 Å². The lowest BCUT2D eigenvalue weighted by molar-refractivity contribution is 0.0628. The van der Waals surface area contributed by atoms with Crippen LogP contribution in [-0.4, -0.2) is 32.2 Å². The third kappa shape index (κ3) is 4.72. The molecule has 9 heteroatoms. The van der Waals surface area contributed by atoms with E-state index >= 15 is 0 Å². The first-order valence-electron chi connectivity index (χ1n) is 9.97. The number of para-hydroxylation sites is 1. The van der Waals surface area contributed by atoms with Crippen molar-refractivity contribution in [3.05, 3.63) is 95.0 Å². The minimum Gasteiger partial charge on any atom is -0.443 e. The summed E-state index contributed by atoms with van der Waals surface area (Å²) in [7, 11) is -3.89. The molecule has 1 aliphatic rings. The molecule has 32 heavy (non-hydrogen) atoms. The molecule has 0 spiro atoms. The van der Waals surface area contributed by atoms with E-state index in [-0.39, 0.29) is 18.0 Å². The van der Waals surface area contributed by atoms with Gasteiger partial charge >= 0.3 is 6.09 Å². The largest absolute Gasteiger partial charge is 0.443 e. The van der Waals surface area contributed by atoms with E-state index in [0.717, 1.165) is 16.1 Å². The first-order valence-corrected chi connectivity index (χ1v) is 11.8. The zero-order valence-corrected chi connectivity index (χ0v) is 18.7. The van der Waals surface area contributed by atoms with E-state index in [4.69, 9.17) is 22.2 Å². The number of nitrogens with zero attached hydrogens (tertiary/aromatic N) is 2. The maximum absolute atomic E-state index is 13.4. The summed E-state index contributed by atoms with van der Waals surface area (Å²) >= 11 is 5.91. The third-order valence-electron chi connectivity index (χ3n) is 5.18. The SMILES string of the molecule is NN(Cc1ccccc1)C(=O)OC1Cc2ccccc2N(S(=O)(=O)c2ccc(Cl)cc2)C1. The number of nitrogens with two attached hydrogens (primary N) is 1. The van der Waals surface area contributed by atoms with Crippen LogP contribution in [-0.2, 0) is 27.7 Å². The molecule has 0 aliphatic carbocycles. The third-order valence-corrected chi connectivity index (χ3v) is 7.22. The minimum absolute atomic E-state index is 0.0209. The van der Waals surface area contributed by atoms with Crippen molar-refractivity contribution < 1.29 is 17.9 Å². The molecular formula is C23H22ClN3O4S. The number of hydrogen-bond donors (Lipinski definition) is 1. The summed E-state index contributed by atoms with van der Waals surface area (Å²) in [6.07, 6.45) is -1.03. The second-order valence-electron chi connectivity index (χ2n) is 7.44. The number of hydrazine groups is 1. The van der Waals surface area contributed by atoms with Crippen molar-refractivity contribution in [2.75, 3.05) is 10.8 Å². The van der Waals surface area contributed by atoms with Crippen molar-refractivity contribution in [2.24, 2.45) is 5.84 Å². The Morgan fingerprint density at radius 1 is 1.03 bits per heavy atom. The fourth-order valence-corrected chi connectivity index (χ4v) is 5.28. The van der Waals surface area contributed by atoms with Gasteiger partial charge in [-0.15, -0.1) is 0 Å². The number of hydrogen-bond acceptors (Lipinski definition) is 5. The Bertz CT molecular complexity index is 1200. The molecule has 3 aromatic carbocycles. The number of halogens is 1. The smallest absolute Gasteiger partial charge is 0.424 e. The van der Waals surface area contributed by atoms with Crippen LogP contribution in [0.4, 0.5) is 10.5 Å². The van der Waals surface area contributed by atoms with E-state index in [1.165, 1.54) is 28.6 Å². The van der Waals surface area contributed by atoms with E-state index in [9.17, 15) is 13.2 Å².